The molecule has 0 radical (unpaired) electrons. The van der Waals surface area contributed by atoms with Crippen molar-refractivity contribution in [3.8, 4) is 17.2 Å². The number of rotatable bonds is 8. The summed E-state index contributed by atoms with van der Waals surface area (Å²) in [5.74, 6) is -0.743. The van der Waals surface area contributed by atoms with Gasteiger partial charge in [0.2, 0.25) is 5.75 Å². The van der Waals surface area contributed by atoms with Crippen LogP contribution in [-0.4, -0.2) is 80.0 Å². The van der Waals surface area contributed by atoms with Crippen molar-refractivity contribution in [3.63, 3.8) is 0 Å². The standard InChI is InChI=1S/C24H30N2O7.C7H7NO2/c1-25-8-6-7-17(25)24(28)33-19-12-15-11-16(13-18(19)26(15)2)32-23(27)14-9-20(29-3)22(31-5)21(10-14)30-4;1-8-4-2-3-6(5-8)7(9)10/h6-10,15-16,18-19H,11-13H2,1-5H3;2-5H,1H3/t15-,16-,18+,19-;/m1./s1. The number of benzene rings is 1. The van der Waals surface area contributed by atoms with Crippen LogP contribution >= 0.6 is 0 Å². The number of methoxy groups -OCH3 is 3. The Hall–Kier alpha value is -4.58. The summed E-state index contributed by atoms with van der Waals surface area (Å²) in [6, 6.07) is 10.0. The second-order valence-electron chi connectivity index (χ2n) is 10.5. The fourth-order valence-corrected chi connectivity index (χ4v) is 5.60. The Morgan fingerprint density at radius 1 is 0.884 bits per heavy atom. The molecule has 2 aliphatic heterocycles. The number of esters is 2. The molecule has 2 aliphatic rings. The summed E-state index contributed by atoms with van der Waals surface area (Å²) in [6.07, 6.45) is 6.54. The lowest BCUT2D eigenvalue weighted by Gasteiger charge is -2.36. The number of aromatic carboxylic acids is 1. The van der Waals surface area contributed by atoms with E-state index in [0.717, 1.165) is 6.42 Å². The van der Waals surface area contributed by atoms with Crippen LogP contribution in [0.5, 0.6) is 17.2 Å². The van der Waals surface area contributed by atoms with Crippen LogP contribution in [0.25, 0.3) is 0 Å². The van der Waals surface area contributed by atoms with Gasteiger partial charge >= 0.3 is 11.9 Å². The highest BCUT2D eigenvalue weighted by Gasteiger charge is 2.48. The maximum Gasteiger partial charge on any atom is 0.355 e. The van der Waals surface area contributed by atoms with E-state index in [1.165, 1.54) is 33.6 Å². The predicted molar refractivity (Wildman–Crippen MR) is 151 cm³/mol. The average molecular weight is 596 g/mol. The lowest BCUT2D eigenvalue weighted by atomic mass is 10.00. The van der Waals surface area contributed by atoms with Crippen molar-refractivity contribution in [3.05, 3.63) is 71.8 Å². The number of aryl methyl sites for hydroxylation is 2. The molecule has 43 heavy (non-hydrogen) atoms. The van der Waals surface area contributed by atoms with Gasteiger partial charge in [-0.05, 0) is 37.4 Å². The fraction of sp³-hybridized carbons (Fsp3) is 0.419. The lowest BCUT2D eigenvalue weighted by Crippen LogP contribution is -2.46. The Labute approximate surface area is 250 Å². The largest absolute Gasteiger partial charge is 0.545 e. The van der Waals surface area contributed by atoms with E-state index >= 15 is 0 Å². The van der Waals surface area contributed by atoms with Gasteiger partial charge in [-0.25, -0.2) is 14.2 Å². The first kappa shape index (κ1) is 31.4. The van der Waals surface area contributed by atoms with Gasteiger partial charge in [0, 0.05) is 44.6 Å². The second-order valence-corrected chi connectivity index (χ2v) is 10.5. The predicted octanol–water partition coefficient (Wildman–Crippen LogP) is 1.54. The molecule has 12 nitrogen and oxygen atoms in total. The van der Waals surface area contributed by atoms with E-state index in [2.05, 4.69) is 4.90 Å². The van der Waals surface area contributed by atoms with Gasteiger partial charge in [-0.15, -0.1) is 0 Å². The summed E-state index contributed by atoms with van der Waals surface area (Å²) in [5, 5.41) is 10.2. The minimum absolute atomic E-state index is 0.00860. The first-order chi connectivity index (χ1) is 20.6. The number of pyridine rings is 1. The number of carboxylic acids is 1. The summed E-state index contributed by atoms with van der Waals surface area (Å²) in [6.45, 7) is 0. The van der Waals surface area contributed by atoms with E-state index in [9.17, 15) is 19.5 Å². The van der Waals surface area contributed by atoms with Gasteiger partial charge in [-0.3, -0.25) is 4.90 Å². The molecule has 0 amide bonds. The quantitative estimate of drug-likeness (QED) is 0.279. The Kier molecular flexibility index (Phi) is 9.92. The molecule has 0 N–H and O–H groups in total. The molecule has 4 atom stereocenters. The highest BCUT2D eigenvalue weighted by atomic mass is 16.6. The second kappa shape index (κ2) is 13.6. The molecule has 1 aromatic carbocycles. The van der Waals surface area contributed by atoms with Crippen LogP contribution in [0.15, 0.2) is 55.0 Å². The van der Waals surface area contributed by atoms with Crippen molar-refractivity contribution in [2.75, 3.05) is 28.4 Å². The third-order valence-corrected chi connectivity index (χ3v) is 7.83. The summed E-state index contributed by atoms with van der Waals surface area (Å²) in [7, 11) is 10.1. The first-order valence-corrected chi connectivity index (χ1v) is 13.8. The number of ether oxygens (including phenoxy) is 5. The lowest BCUT2D eigenvalue weighted by molar-refractivity contribution is -0.671. The Bertz CT molecular complexity index is 1450. The topological polar surface area (TPSA) is 132 Å². The molecule has 2 bridgehead atoms. The van der Waals surface area contributed by atoms with Gasteiger partial charge in [0.15, 0.2) is 23.9 Å². The van der Waals surface area contributed by atoms with Crippen molar-refractivity contribution >= 4 is 17.9 Å². The van der Waals surface area contributed by atoms with Gasteiger partial charge in [-0.2, -0.15) is 0 Å². The van der Waals surface area contributed by atoms with E-state index in [1.54, 1.807) is 46.6 Å². The van der Waals surface area contributed by atoms with Crippen LogP contribution in [0.4, 0.5) is 0 Å². The highest BCUT2D eigenvalue weighted by Crippen LogP contribution is 2.40. The number of carbonyl (C=O) groups excluding carboxylic acids is 3. The summed E-state index contributed by atoms with van der Waals surface area (Å²) in [5.41, 5.74) is 1.04. The van der Waals surface area contributed by atoms with Crippen molar-refractivity contribution < 1.29 is 47.7 Å². The van der Waals surface area contributed by atoms with Crippen molar-refractivity contribution in [1.29, 1.82) is 0 Å². The highest BCUT2D eigenvalue weighted by molar-refractivity contribution is 5.91. The van der Waals surface area contributed by atoms with Crippen LogP contribution in [0.3, 0.4) is 0 Å². The molecule has 0 saturated carbocycles. The van der Waals surface area contributed by atoms with Crippen molar-refractivity contribution in [2.24, 2.45) is 14.1 Å². The molecule has 2 aromatic heterocycles. The Morgan fingerprint density at radius 3 is 2.12 bits per heavy atom. The van der Waals surface area contributed by atoms with Crippen LogP contribution in [0.1, 0.15) is 50.5 Å². The molecule has 3 aromatic rings. The molecule has 230 valence electrons. The molecule has 0 aliphatic carbocycles. The number of hydrogen-bond acceptors (Lipinski definition) is 10. The first-order valence-electron chi connectivity index (χ1n) is 13.8. The number of hydrogen-bond donors (Lipinski definition) is 0. The average Bonchev–Trinajstić information content (AvgIpc) is 3.48. The van der Waals surface area contributed by atoms with Crippen LogP contribution < -0.4 is 23.9 Å². The van der Waals surface area contributed by atoms with E-state index in [-0.39, 0.29) is 35.8 Å². The van der Waals surface area contributed by atoms with Gasteiger partial charge in [0.1, 0.15) is 24.9 Å². The molecule has 0 unspecified atom stereocenters. The maximum absolute atomic E-state index is 12.9. The number of nitrogens with zero attached hydrogens (tertiary/aromatic N) is 3. The van der Waals surface area contributed by atoms with E-state index in [4.69, 9.17) is 23.7 Å². The van der Waals surface area contributed by atoms with Crippen molar-refractivity contribution in [1.82, 2.24) is 9.47 Å². The Balaban J connectivity index is 0.000000359. The monoisotopic (exact) mass is 595 g/mol. The summed E-state index contributed by atoms with van der Waals surface area (Å²) >= 11 is 0. The molecule has 5 rings (SSSR count). The molecule has 2 saturated heterocycles. The van der Waals surface area contributed by atoms with Gasteiger partial charge in [0.25, 0.3) is 0 Å². The van der Waals surface area contributed by atoms with E-state index < -0.39 is 11.9 Å². The number of fused-ring (bicyclic) bond motifs is 2. The third-order valence-electron chi connectivity index (χ3n) is 7.83. The third kappa shape index (κ3) is 7.08. The zero-order chi connectivity index (χ0) is 31.3. The number of carbonyl (C=O) groups is 3. The maximum atomic E-state index is 12.9. The van der Waals surface area contributed by atoms with Gasteiger partial charge in [0.05, 0.1) is 44.5 Å². The molecular formula is C31H37N3O9. The Morgan fingerprint density at radius 2 is 1.58 bits per heavy atom. The fourth-order valence-electron chi connectivity index (χ4n) is 5.60. The zero-order valence-electron chi connectivity index (χ0n) is 25.1. The molecular weight excluding hydrogens is 558 g/mol. The van der Waals surface area contributed by atoms with Crippen LogP contribution in [0, 0.1) is 0 Å². The minimum Gasteiger partial charge on any atom is -0.545 e. The number of aromatic nitrogens is 2. The summed E-state index contributed by atoms with van der Waals surface area (Å²) in [4.78, 5) is 38.0. The minimum atomic E-state index is -1.14. The van der Waals surface area contributed by atoms with E-state index in [1.807, 2.05) is 26.4 Å². The molecule has 2 fully saturated rings. The smallest absolute Gasteiger partial charge is 0.355 e. The van der Waals surface area contributed by atoms with Crippen LogP contribution in [-0.2, 0) is 23.6 Å². The van der Waals surface area contributed by atoms with E-state index in [0.29, 0.717) is 41.3 Å². The van der Waals surface area contributed by atoms with Crippen LogP contribution in [0.2, 0.25) is 0 Å². The normalized spacial score (nSPS) is 20.8. The number of piperidine rings is 1. The summed E-state index contributed by atoms with van der Waals surface area (Å²) < 4.78 is 31.1. The van der Waals surface area contributed by atoms with Gasteiger partial charge < -0.3 is 38.2 Å². The van der Waals surface area contributed by atoms with Crippen molar-refractivity contribution in [2.45, 2.75) is 43.6 Å². The molecule has 12 heteroatoms. The SMILES string of the molecule is COc1cc(C(=O)O[C@@H]2C[C@@H]3C[C@@H](OC(=O)c4cccn4C)[C@H](C2)N3C)cc(OC)c1OC.C[n+]1cccc(C(=O)[O-])c1. The zero-order valence-corrected chi connectivity index (χ0v) is 25.1. The molecule has 0 spiro atoms. The number of likely N-dealkylation sites (N-methyl/N-ethyl adjacent to an activating group) is 1. The number of carboxylic acid groups (broad SMARTS) is 1. The molecule has 4 heterocycles. The van der Waals surface area contributed by atoms with Gasteiger partial charge in [-0.1, -0.05) is 0 Å².